The number of aromatic nitrogens is 2. The number of hydrogen-bond donors (Lipinski definition) is 0. The Kier molecular flexibility index (Phi) is 3.88. The maximum atomic E-state index is 9.57. The Morgan fingerprint density at radius 2 is 1.62 bits per heavy atom. The van der Waals surface area contributed by atoms with E-state index < -0.39 is 0 Å². The Bertz CT molecular complexity index is 1930. The van der Waals surface area contributed by atoms with Crippen LogP contribution in [0.2, 0.25) is 0 Å². The molecule has 34 heavy (non-hydrogen) atoms. The van der Waals surface area contributed by atoms with E-state index in [1.165, 1.54) is 0 Å². The molecule has 0 unspecified atom stereocenters. The Labute approximate surface area is 194 Å². The summed E-state index contributed by atoms with van der Waals surface area (Å²) >= 11 is 0. The first-order valence-corrected chi connectivity index (χ1v) is 11.1. The molecule has 0 saturated carbocycles. The summed E-state index contributed by atoms with van der Waals surface area (Å²) in [6.07, 6.45) is 3.34. The zero-order valence-corrected chi connectivity index (χ0v) is 18.1. The van der Waals surface area contributed by atoms with Gasteiger partial charge in [0, 0.05) is 39.8 Å². The fourth-order valence-corrected chi connectivity index (χ4v) is 5.06. The van der Waals surface area contributed by atoms with Crippen molar-refractivity contribution in [3.63, 3.8) is 0 Å². The average molecular weight is 435 g/mol. The molecule has 0 N–H and O–H groups in total. The molecule has 0 spiro atoms. The van der Waals surface area contributed by atoms with E-state index >= 15 is 0 Å². The zero-order chi connectivity index (χ0) is 22.6. The summed E-state index contributed by atoms with van der Waals surface area (Å²) in [5.74, 6) is 0. The van der Waals surface area contributed by atoms with E-state index in [2.05, 4.69) is 70.2 Å². The van der Waals surface area contributed by atoms with Gasteiger partial charge in [0.2, 0.25) is 0 Å². The van der Waals surface area contributed by atoms with Crippen molar-refractivity contribution < 1.29 is 4.42 Å². The lowest BCUT2D eigenvalue weighted by Gasteiger charge is -2.11. The smallest absolute Gasteiger partial charge is 0.145 e. The SMILES string of the molecule is N#Cc1cnccc1-c1cccc(-n2c3ccccc3c3c4oc5ccccc5c4ccc32)c1. The van der Waals surface area contributed by atoms with Crippen LogP contribution in [-0.2, 0) is 0 Å². The van der Waals surface area contributed by atoms with Gasteiger partial charge in [-0.15, -0.1) is 0 Å². The van der Waals surface area contributed by atoms with Crippen molar-refractivity contribution in [2.24, 2.45) is 0 Å². The summed E-state index contributed by atoms with van der Waals surface area (Å²) < 4.78 is 8.66. The highest BCUT2D eigenvalue weighted by Crippen LogP contribution is 2.40. The molecule has 0 bridgehead atoms. The Hall–Kier alpha value is -4.88. The summed E-state index contributed by atoms with van der Waals surface area (Å²) in [6.45, 7) is 0. The Morgan fingerprint density at radius 3 is 2.53 bits per heavy atom. The zero-order valence-electron chi connectivity index (χ0n) is 18.1. The number of benzene rings is 4. The molecule has 0 fully saturated rings. The predicted octanol–water partition coefficient (Wildman–Crippen LogP) is 7.62. The molecule has 0 atom stereocenters. The van der Waals surface area contributed by atoms with Gasteiger partial charge < -0.3 is 8.98 Å². The second-order valence-corrected chi connectivity index (χ2v) is 8.37. The minimum Gasteiger partial charge on any atom is -0.455 e. The summed E-state index contributed by atoms with van der Waals surface area (Å²) in [7, 11) is 0. The highest BCUT2D eigenvalue weighted by atomic mass is 16.3. The molecule has 0 aliphatic rings. The number of nitriles is 1. The second kappa shape index (κ2) is 7.06. The third kappa shape index (κ3) is 2.55. The van der Waals surface area contributed by atoms with Crippen LogP contribution in [0.25, 0.3) is 60.6 Å². The van der Waals surface area contributed by atoms with Gasteiger partial charge in [0.05, 0.1) is 22.0 Å². The largest absolute Gasteiger partial charge is 0.455 e. The molecule has 7 aromatic rings. The van der Waals surface area contributed by atoms with Gasteiger partial charge in [0.25, 0.3) is 0 Å². The molecule has 3 heterocycles. The van der Waals surface area contributed by atoms with Gasteiger partial charge in [0.15, 0.2) is 0 Å². The molecule has 7 rings (SSSR count). The highest BCUT2D eigenvalue weighted by molar-refractivity contribution is 6.23. The van der Waals surface area contributed by atoms with Gasteiger partial charge in [-0.3, -0.25) is 4.98 Å². The first-order chi connectivity index (χ1) is 16.8. The molecule has 0 aliphatic heterocycles. The first-order valence-electron chi connectivity index (χ1n) is 11.1. The Morgan fingerprint density at radius 1 is 0.765 bits per heavy atom. The van der Waals surface area contributed by atoms with Crippen molar-refractivity contribution >= 4 is 43.7 Å². The third-order valence-corrected chi connectivity index (χ3v) is 6.54. The number of furan rings is 1. The normalized spacial score (nSPS) is 11.5. The van der Waals surface area contributed by atoms with Crippen LogP contribution in [0.1, 0.15) is 5.56 Å². The monoisotopic (exact) mass is 435 g/mol. The van der Waals surface area contributed by atoms with Crippen molar-refractivity contribution in [1.82, 2.24) is 9.55 Å². The number of pyridine rings is 1. The second-order valence-electron chi connectivity index (χ2n) is 8.37. The molecule has 0 amide bonds. The van der Waals surface area contributed by atoms with E-state index in [1.54, 1.807) is 12.4 Å². The van der Waals surface area contributed by atoms with Crippen LogP contribution in [0.5, 0.6) is 0 Å². The number of hydrogen-bond acceptors (Lipinski definition) is 3. The number of rotatable bonds is 2. The van der Waals surface area contributed by atoms with Crippen LogP contribution in [-0.4, -0.2) is 9.55 Å². The van der Waals surface area contributed by atoms with Crippen LogP contribution in [0.3, 0.4) is 0 Å². The molecular formula is C30H17N3O. The van der Waals surface area contributed by atoms with Crippen LogP contribution < -0.4 is 0 Å². The van der Waals surface area contributed by atoms with E-state index in [4.69, 9.17) is 4.42 Å². The lowest BCUT2D eigenvalue weighted by Crippen LogP contribution is -1.95. The van der Waals surface area contributed by atoms with Gasteiger partial charge in [-0.05, 0) is 48.0 Å². The van der Waals surface area contributed by atoms with Crippen molar-refractivity contribution in [1.29, 1.82) is 5.26 Å². The molecule has 158 valence electrons. The van der Waals surface area contributed by atoms with Crippen LogP contribution in [0.4, 0.5) is 0 Å². The van der Waals surface area contributed by atoms with Gasteiger partial charge in [-0.1, -0.05) is 48.5 Å². The van der Waals surface area contributed by atoms with Crippen LogP contribution >= 0.6 is 0 Å². The maximum absolute atomic E-state index is 9.57. The maximum Gasteiger partial charge on any atom is 0.145 e. The number of nitrogens with zero attached hydrogens (tertiary/aromatic N) is 3. The number of para-hydroxylation sites is 2. The molecule has 3 aromatic heterocycles. The van der Waals surface area contributed by atoms with Crippen molar-refractivity contribution in [2.45, 2.75) is 0 Å². The Balaban J connectivity index is 1.57. The topological polar surface area (TPSA) is 54.8 Å². The van der Waals surface area contributed by atoms with E-state index in [9.17, 15) is 5.26 Å². The van der Waals surface area contributed by atoms with Crippen molar-refractivity contribution in [2.75, 3.05) is 0 Å². The molecule has 4 heteroatoms. The number of fused-ring (bicyclic) bond motifs is 7. The quantitative estimate of drug-likeness (QED) is 0.281. The molecule has 0 saturated heterocycles. The van der Waals surface area contributed by atoms with E-state index in [0.29, 0.717) is 5.56 Å². The summed E-state index contributed by atoms with van der Waals surface area (Å²) in [5.41, 5.74) is 7.44. The van der Waals surface area contributed by atoms with Gasteiger partial charge in [-0.2, -0.15) is 5.26 Å². The lowest BCUT2D eigenvalue weighted by molar-refractivity contribution is 0.673. The highest BCUT2D eigenvalue weighted by Gasteiger charge is 2.18. The van der Waals surface area contributed by atoms with Crippen LogP contribution in [0, 0.1) is 11.3 Å². The van der Waals surface area contributed by atoms with E-state index in [0.717, 1.165) is 60.6 Å². The minimum absolute atomic E-state index is 0.561. The predicted molar refractivity (Wildman–Crippen MR) is 136 cm³/mol. The minimum atomic E-state index is 0.561. The van der Waals surface area contributed by atoms with Gasteiger partial charge >= 0.3 is 0 Å². The summed E-state index contributed by atoms with van der Waals surface area (Å²) in [6, 6.07) is 33.4. The standard InChI is InChI=1S/C30H17N3O/c31-17-20-18-32-15-14-22(20)19-6-5-7-21(16-19)33-26-10-3-1-9-25(26)29-27(33)13-12-24-23-8-2-4-11-28(23)34-30(24)29/h1-16,18H. The molecule has 4 aromatic carbocycles. The van der Waals surface area contributed by atoms with E-state index in [-0.39, 0.29) is 0 Å². The molecule has 4 nitrogen and oxygen atoms in total. The van der Waals surface area contributed by atoms with Gasteiger partial charge in [-0.25, -0.2) is 0 Å². The first kappa shape index (κ1) is 18.7. The van der Waals surface area contributed by atoms with E-state index in [1.807, 2.05) is 36.4 Å². The fourth-order valence-electron chi connectivity index (χ4n) is 5.06. The molecule has 0 radical (unpaired) electrons. The summed E-state index contributed by atoms with van der Waals surface area (Å²) in [5, 5.41) is 14.1. The van der Waals surface area contributed by atoms with Crippen LogP contribution in [0.15, 0.2) is 108 Å². The third-order valence-electron chi connectivity index (χ3n) is 6.54. The van der Waals surface area contributed by atoms with Crippen molar-refractivity contribution in [3.05, 3.63) is 109 Å². The molecule has 0 aliphatic carbocycles. The lowest BCUT2D eigenvalue weighted by atomic mass is 10.0. The summed E-state index contributed by atoms with van der Waals surface area (Å²) in [4.78, 5) is 4.10. The fraction of sp³-hybridized carbons (Fsp3) is 0. The van der Waals surface area contributed by atoms with Crippen molar-refractivity contribution in [3.8, 4) is 22.9 Å². The average Bonchev–Trinajstić information content (AvgIpc) is 3.44. The molecular weight excluding hydrogens is 418 g/mol. The van der Waals surface area contributed by atoms with Gasteiger partial charge in [0.1, 0.15) is 17.2 Å².